The number of amides is 1. The summed E-state index contributed by atoms with van der Waals surface area (Å²) in [5.74, 6) is 0.907. The second kappa shape index (κ2) is 9.52. The number of rotatable bonds is 6. The summed E-state index contributed by atoms with van der Waals surface area (Å²) in [6, 6.07) is 6.06. The van der Waals surface area contributed by atoms with E-state index >= 15 is 0 Å². The molecule has 1 aliphatic rings. The number of unbranched alkanes of at least 4 members (excludes halogenated alkanes) is 1. The van der Waals surface area contributed by atoms with Crippen molar-refractivity contribution >= 4 is 17.2 Å². The zero-order valence-corrected chi connectivity index (χ0v) is 18.3. The molecular formula is C22H31N3O2S. The number of thiazole rings is 1. The Bertz CT molecular complexity index is 818. The first kappa shape index (κ1) is 20.8. The van der Waals surface area contributed by atoms with Gasteiger partial charge in [0.1, 0.15) is 15.6 Å². The molecule has 1 saturated heterocycles. The topological polar surface area (TPSA) is 45.7 Å². The van der Waals surface area contributed by atoms with Crippen LogP contribution in [-0.4, -0.2) is 60.5 Å². The van der Waals surface area contributed by atoms with Gasteiger partial charge in [0.15, 0.2) is 0 Å². The summed E-state index contributed by atoms with van der Waals surface area (Å²) in [5.41, 5.74) is 2.91. The first-order chi connectivity index (χ1) is 13.5. The molecule has 1 aliphatic heterocycles. The van der Waals surface area contributed by atoms with Crippen LogP contribution in [0.2, 0.25) is 0 Å². The molecule has 0 spiro atoms. The van der Waals surface area contributed by atoms with Crippen LogP contribution < -0.4 is 4.74 Å². The second-order valence-electron chi connectivity index (χ2n) is 7.48. The average Bonchev–Trinajstić information content (AvgIpc) is 2.93. The molecule has 3 rings (SSSR count). The van der Waals surface area contributed by atoms with E-state index in [0.717, 1.165) is 71.6 Å². The van der Waals surface area contributed by atoms with Crippen LogP contribution in [0.4, 0.5) is 0 Å². The molecule has 1 amide bonds. The quantitative estimate of drug-likeness (QED) is 0.720. The number of carbonyl (C=O) groups excluding carboxylic acids is 1. The monoisotopic (exact) mass is 401 g/mol. The lowest BCUT2D eigenvalue weighted by molar-refractivity contribution is 0.0765. The van der Waals surface area contributed by atoms with E-state index in [1.54, 1.807) is 7.11 Å². The van der Waals surface area contributed by atoms with E-state index in [2.05, 4.69) is 24.8 Å². The highest BCUT2D eigenvalue weighted by molar-refractivity contribution is 7.17. The van der Waals surface area contributed by atoms with Crippen molar-refractivity contribution in [3.8, 4) is 16.3 Å². The molecule has 0 N–H and O–H groups in total. The molecule has 5 nitrogen and oxygen atoms in total. The first-order valence-electron chi connectivity index (χ1n) is 10.2. The van der Waals surface area contributed by atoms with Gasteiger partial charge in [0, 0.05) is 19.6 Å². The molecule has 1 aromatic heterocycles. The number of aryl methyl sites for hydroxylation is 2. The third-order valence-corrected chi connectivity index (χ3v) is 6.46. The molecule has 2 aromatic rings. The summed E-state index contributed by atoms with van der Waals surface area (Å²) >= 11 is 1.48. The van der Waals surface area contributed by atoms with Crippen LogP contribution in [0.5, 0.6) is 5.75 Å². The maximum Gasteiger partial charge on any atom is 0.265 e. The number of hydrogen-bond donors (Lipinski definition) is 0. The number of methoxy groups -OCH3 is 1. The Kier molecular flexibility index (Phi) is 7.08. The van der Waals surface area contributed by atoms with E-state index in [1.807, 2.05) is 24.0 Å². The lowest BCUT2D eigenvalue weighted by atomic mass is 10.1. The Morgan fingerprint density at radius 2 is 2.04 bits per heavy atom. The largest absolute Gasteiger partial charge is 0.496 e. The van der Waals surface area contributed by atoms with Crippen LogP contribution >= 0.6 is 11.3 Å². The van der Waals surface area contributed by atoms with Crippen LogP contribution in [0.1, 0.15) is 47.1 Å². The summed E-state index contributed by atoms with van der Waals surface area (Å²) in [6.45, 7) is 11.0. The van der Waals surface area contributed by atoms with Crippen molar-refractivity contribution in [1.29, 1.82) is 0 Å². The van der Waals surface area contributed by atoms with Gasteiger partial charge in [-0.2, -0.15) is 0 Å². The van der Waals surface area contributed by atoms with Crippen LogP contribution in [0.15, 0.2) is 18.2 Å². The molecule has 152 valence electrons. The van der Waals surface area contributed by atoms with Crippen LogP contribution in [0.3, 0.4) is 0 Å². The fourth-order valence-corrected chi connectivity index (χ4v) is 4.68. The van der Waals surface area contributed by atoms with Crippen LogP contribution in [-0.2, 0) is 0 Å². The Morgan fingerprint density at radius 1 is 1.21 bits per heavy atom. The van der Waals surface area contributed by atoms with Crippen molar-refractivity contribution in [3.05, 3.63) is 34.3 Å². The zero-order chi connectivity index (χ0) is 20.1. The molecule has 0 radical (unpaired) electrons. The zero-order valence-electron chi connectivity index (χ0n) is 17.5. The van der Waals surface area contributed by atoms with Crippen molar-refractivity contribution in [2.45, 2.75) is 40.0 Å². The first-order valence-corrected chi connectivity index (χ1v) is 11.0. The van der Waals surface area contributed by atoms with Crippen LogP contribution in [0, 0.1) is 13.8 Å². The lowest BCUT2D eigenvalue weighted by Crippen LogP contribution is -2.35. The van der Waals surface area contributed by atoms with Gasteiger partial charge in [-0.25, -0.2) is 4.98 Å². The highest BCUT2D eigenvalue weighted by Gasteiger charge is 2.25. The van der Waals surface area contributed by atoms with E-state index in [4.69, 9.17) is 9.72 Å². The Balaban J connectivity index is 1.78. The van der Waals surface area contributed by atoms with Gasteiger partial charge in [-0.05, 0) is 51.9 Å². The van der Waals surface area contributed by atoms with Crippen molar-refractivity contribution < 1.29 is 9.53 Å². The summed E-state index contributed by atoms with van der Waals surface area (Å²) in [5, 5.41) is 0.848. The fraction of sp³-hybridized carbons (Fsp3) is 0.545. The minimum Gasteiger partial charge on any atom is -0.496 e. The average molecular weight is 402 g/mol. The third-order valence-electron chi connectivity index (χ3n) is 5.28. The summed E-state index contributed by atoms with van der Waals surface area (Å²) < 4.78 is 5.51. The Hall–Kier alpha value is -1.92. The van der Waals surface area contributed by atoms with Gasteiger partial charge in [0.05, 0.1) is 18.4 Å². The third kappa shape index (κ3) is 4.73. The number of aromatic nitrogens is 1. The van der Waals surface area contributed by atoms with Crippen molar-refractivity contribution in [1.82, 2.24) is 14.8 Å². The Morgan fingerprint density at radius 3 is 2.79 bits per heavy atom. The molecule has 0 atom stereocenters. The molecule has 6 heteroatoms. The molecule has 0 unspecified atom stereocenters. The number of carbonyl (C=O) groups is 1. The summed E-state index contributed by atoms with van der Waals surface area (Å²) in [7, 11) is 1.67. The second-order valence-corrected chi connectivity index (χ2v) is 8.48. The molecule has 0 saturated carbocycles. The number of hydrogen-bond acceptors (Lipinski definition) is 5. The maximum absolute atomic E-state index is 13.2. The molecule has 0 bridgehead atoms. The van der Waals surface area contributed by atoms with Gasteiger partial charge < -0.3 is 14.5 Å². The summed E-state index contributed by atoms with van der Waals surface area (Å²) in [6.07, 6.45) is 3.47. The predicted molar refractivity (Wildman–Crippen MR) is 115 cm³/mol. The van der Waals surface area contributed by atoms with Crippen LogP contribution in [0.25, 0.3) is 10.6 Å². The van der Waals surface area contributed by atoms with Gasteiger partial charge >= 0.3 is 0 Å². The van der Waals surface area contributed by atoms with E-state index in [1.165, 1.54) is 24.2 Å². The maximum atomic E-state index is 13.2. The predicted octanol–water partition coefficient (Wildman–Crippen LogP) is 4.38. The lowest BCUT2D eigenvalue weighted by Gasteiger charge is -2.21. The molecule has 1 aromatic carbocycles. The van der Waals surface area contributed by atoms with Crippen molar-refractivity contribution in [2.24, 2.45) is 0 Å². The summed E-state index contributed by atoms with van der Waals surface area (Å²) in [4.78, 5) is 23.2. The van der Waals surface area contributed by atoms with Crippen molar-refractivity contribution in [3.63, 3.8) is 0 Å². The number of nitrogens with zero attached hydrogens (tertiary/aromatic N) is 3. The Labute approximate surface area is 172 Å². The normalized spacial score (nSPS) is 15.5. The van der Waals surface area contributed by atoms with E-state index in [9.17, 15) is 4.79 Å². The fourth-order valence-electron chi connectivity index (χ4n) is 3.62. The van der Waals surface area contributed by atoms with Crippen molar-refractivity contribution in [2.75, 3.05) is 39.8 Å². The van der Waals surface area contributed by atoms with Gasteiger partial charge in [-0.1, -0.05) is 25.0 Å². The van der Waals surface area contributed by atoms with E-state index in [0.29, 0.717) is 0 Å². The van der Waals surface area contributed by atoms with Gasteiger partial charge in [0.25, 0.3) is 5.91 Å². The van der Waals surface area contributed by atoms with Gasteiger partial charge in [-0.15, -0.1) is 11.3 Å². The molecule has 2 heterocycles. The molecule has 1 fully saturated rings. The number of ether oxygens (including phenoxy) is 1. The molecule has 0 aliphatic carbocycles. The van der Waals surface area contributed by atoms with Gasteiger partial charge in [-0.3, -0.25) is 4.79 Å². The van der Waals surface area contributed by atoms with Gasteiger partial charge in [0.2, 0.25) is 0 Å². The van der Waals surface area contributed by atoms with E-state index in [-0.39, 0.29) is 5.91 Å². The number of benzene rings is 1. The minimum absolute atomic E-state index is 0.116. The standard InChI is InChI=1S/C22H31N3O2S/c1-5-6-10-24-11-7-12-25(14-13-24)22(26)20-17(3)23-21(28-20)18-15-16(2)8-9-19(18)27-4/h8-9,15H,5-7,10-14H2,1-4H3. The minimum atomic E-state index is 0.116. The van der Waals surface area contributed by atoms with E-state index < -0.39 is 0 Å². The molecular weight excluding hydrogens is 370 g/mol. The smallest absolute Gasteiger partial charge is 0.265 e. The highest BCUT2D eigenvalue weighted by atomic mass is 32.1. The highest BCUT2D eigenvalue weighted by Crippen LogP contribution is 2.35. The molecule has 28 heavy (non-hydrogen) atoms. The SMILES string of the molecule is CCCCN1CCCN(C(=O)c2sc(-c3cc(C)ccc3OC)nc2C)CC1.